The lowest BCUT2D eigenvalue weighted by molar-refractivity contribution is -0.469. The minimum atomic E-state index is -1.64. The van der Waals surface area contributed by atoms with E-state index in [-0.39, 0.29) is 0 Å². The van der Waals surface area contributed by atoms with Gasteiger partial charge in [-0.2, -0.15) is 0 Å². The van der Waals surface area contributed by atoms with Gasteiger partial charge in [0.1, 0.15) is 0 Å². The molecule has 0 aliphatic carbocycles. The van der Waals surface area contributed by atoms with E-state index in [0.717, 1.165) is 38.5 Å². The van der Waals surface area contributed by atoms with E-state index in [4.69, 9.17) is 18.7 Å². The van der Waals surface area contributed by atoms with Gasteiger partial charge in [-0.1, -0.05) is 117 Å². The van der Waals surface area contributed by atoms with E-state index in [1.165, 1.54) is 77.0 Å². The molecule has 186 valence electrons. The highest BCUT2D eigenvalue weighted by Crippen LogP contribution is 2.25. The summed E-state index contributed by atoms with van der Waals surface area (Å²) < 4.78 is 34.3. The molecule has 0 bridgehead atoms. The summed E-state index contributed by atoms with van der Waals surface area (Å²) in [5, 5.41) is 0. The van der Waals surface area contributed by atoms with Crippen LogP contribution in [0.5, 0.6) is 0 Å². The van der Waals surface area contributed by atoms with E-state index in [9.17, 15) is 4.57 Å². The molecule has 0 N–H and O–H groups in total. The first-order chi connectivity index (χ1) is 15.2. The molecule has 0 aromatic carbocycles. The van der Waals surface area contributed by atoms with E-state index in [0.29, 0.717) is 19.8 Å². The summed E-state index contributed by atoms with van der Waals surface area (Å²) in [6.45, 7) is 8.11. The molecule has 0 aliphatic rings. The first-order valence-corrected chi connectivity index (χ1v) is 13.9. The van der Waals surface area contributed by atoms with Crippen LogP contribution >= 0.6 is 8.69 Å². The summed E-state index contributed by atoms with van der Waals surface area (Å²) in [6.07, 6.45) is 19.5. The van der Waals surface area contributed by atoms with Crippen LogP contribution in [0.4, 0.5) is 0 Å². The van der Waals surface area contributed by atoms with Gasteiger partial charge in [-0.25, -0.2) is 9.09 Å². The van der Waals surface area contributed by atoms with Crippen LogP contribution in [-0.4, -0.2) is 26.0 Å². The zero-order chi connectivity index (χ0) is 22.9. The molecular weight excluding hydrogens is 411 g/mol. The third-order valence-electron chi connectivity index (χ3n) is 5.48. The summed E-state index contributed by atoms with van der Waals surface area (Å²) in [4.78, 5) is 0. The molecule has 6 heteroatoms. The maximum Gasteiger partial charge on any atom is 0.423 e. The molecule has 0 aromatic heterocycles. The highest BCUT2D eigenvalue weighted by Gasteiger charge is 2.36. The molecule has 0 rings (SSSR count). The predicted octanol–water partition coefficient (Wildman–Crippen LogP) is 8.95. The van der Waals surface area contributed by atoms with Gasteiger partial charge in [-0.15, -0.1) is 0 Å². The summed E-state index contributed by atoms with van der Waals surface area (Å²) in [6, 6.07) is 0. The Morgan fingerprint density at radius 1 is 0.484 bits per heavy atom. The zero-order valence-corrected chi connectivity index (χ0v) is 21.7. The average Bonchev–Trinajstić information content (AvgIpc) is 2.77. The second kappa shape index (κ2) is 24.6. The van der Waals surface area contributed by atoms with Gasteiger partial charge in [0.05, 0.1) is 19.8 Å². The summed E-state index contributed by atoms with van der Waals surface area (Å²) in [5.41, 5.74) is 0. The molecule has 0 amide bonds. The van der Waals surface area contributed by atoms with Crippen molar-refractivity contribution in [2.24, 2.45) is 0 Å². The van der Waals surface area contributed by atoms with Gasteiger partial charge in [0.15, 0.2) is 0 Å². The molecular formula is C25H51O5P. The van der Waals surface area contributed by atoms with Crippen molar-refractivity contribution in [1.29, 1.82) is 0 Å². The summed E-state index contributed by atoms with van der Waals surface area (Å²) in [7, 11) is -0.486. The van der Waals surface area contributed by atoms with Crippen LogP contribution in [-0.2, 0) is 23.3 Å². The van der Waals surface area contributed by atoms with Gasteiger partial charge in [-0.05, 0) is 19.3 Å². The van der Waals surface area contributed by atoms with E-state index >= 15 is 0 Å². The highest BCUT2D eigenvalue weighted by molar-refractivity contribution is 7.17. The molecule has 0 unspecified atom stereocenters. The Hall–Kier alpha value is -0.0600. The lowest BCUT2D eigenvalue weighted by atomic mass is 10.1. The van der Waals surface area contributed by atoms with Gasteiger partial charge < -0.3 is 14.2 Å². The van der Waals surface area contributed by atoms with Crippen LogP contribution in [0.15, 0.2) is 0 Å². The first kappa shape index (κ1) is 30.9. The highest BCUT2D eigenvalue weighted by atomic mass is 31.1. The van der Waals surface area contributed by atoms with E-state index in [2.05, 4.69) is 20.8 Å². The molecule has 0 saturated carbocycles. The summed E-state index contributed by atoms with van der Waals surface area (Å²) in [5.74, 6) is 0. The molecule has 0 aliphatic heterocycles. The van der Waals surface area contributed by atoms with Gasteiger partial charge in [0.2, 0.25) is 0 Å². The Labute approximate surface area is 194 Å². The fourth-order valence-electron chi connectivity index (χ4n) is 3.49. The monoisotopic (exact) mass is 462 g/mol. The minimum Gasteiger partial charge on any atom is -0.303 e. The minimum absolute atomic E-state index is 0.481. The predicted molar refractivity (Wildman–Crippen MR) is 129 cm³/mol. The molecule has 0 saturated heterocycles. The van der Waals surface area contributed by atoms with Crippen LogP contribution in [0.25, 0.3) is 0 Å². The van der Waals surface area contributed by atoms with Gasteiger partial charge in [0, 0.05) is 0 Å². The van der Waals surface area contributed by atoms with E-state index < -0.39 is 14.8 Å². The lowest BCUT2D eigenvalue weighted by Gasteiger charge is -2.29. The third kappa shape index (κ3) is 20.3. The maximum atomic E-state index is 11.3. The third-order valence-corrected chi connectivity index (χ3v) is 5.78. The Morgan fingerprint density at radius 2 is 0.774 bits per heavy atom. The molecule has 0 aromatic rings. The molecule has 5 nitrogen and oxygen atoms in total. The van der Waals surface area contributed by atoms with Crippen LogP contribution in [0, 0.1) is 0 Å². The molecule has 0 radical (unpaired) electrons. The van der Waals surface area contributed by atoms with Crippen LogP contribution < -0.4 is 0 Å². The molecule has 0 fully saturated rings. The SMILES string of the molecule is CCCCCCCCOC(OCCCCCCCC)(OCCCCCCCC)OP=O. The fourth-order valence-corrected chi connectivity index (χ4v) is 3.74. The standard InChI is InChI=1S/C25H51O5P/c1-4-7-10-13-16-19-22-27-25(30-31-26,28-23-20-17-14-11-8-5-2)29-24-21-18-15-12-9-6-3/h4-24H2,1-3H3. The van der Waals surface area contributed by atoms with E-state index in [1.54, 1.807) is 0 Å². The first-order valence-electron chi connectivity index (χ1n) is 13.2. The Kier molecular flexibility index (Phi) is 24.5. The number of hydrogen-bond acceptors (Lipinski definition) is 5. The maximum absolute atomic E-state index is 11.3. The van der Waals surface area contributed by atoms with Crippen LogP contribution in [0.3, 0.4) is 0 Å². The van der Waals surface area contributed by atoms with Crippen LogP contribution in [0.2, 0.25) is 0 Å². The van der Waals surface area contributed by atoms with Crippen molar-refractivity contribution in [2.45, 2.75) is 143 Å². The Morgan fingerprint density at radius 3 is 1.06 bits per heavy atom. The van der Waals surface area contributed by atoms with Crippen molar-refractivity contribution >= 4 is 8.69 Å². The zero-order valence-electron chi connectivity index (χ0n) is 20.8. The Bertz CT molecular complexity index is 322. The number of hydrogen-bond donors (Lipinski definition) is 0. The Balaban J connectivity index is 4.40. The molecule has 31 heavy (non-hydrogen) atoms. The van der Waals surface area contributed by atoms with Crippen molar-refractivity contribution in [1.82, 2.24) is 0 Å². The average molecular weight is 463 g/mol. The number of rotatable bonds is 26. The van der Waals surface area contributed by atoms with E-state index in [1.807, 2.05) is 0 Å². The van der Waals surface area contributed by atoms with Crippen molar-refractivity contribution < 1.29 is 23.3 Å². The number of unbranched alkanes of at least 4 members (excludes halogenated alkanes) is 15. The number of ether oxygens (including phenoxy) is 3. The summed E-state index contributed by atoms with van der Waals surface area (Å²) >= 11 is 0. The van der Waals surface area contributed by atoms with Crippen molar-refractivity contribution in [3.05, 3.63) is 0 Å². The molecule has 0 spiro atoms. The molecule has 0 atom stereocenters. The smallest absolute Gasteiger partial charge is 0.303 e. The second-order valence-corrected chi connectivity index (χ2v) is 8.85. The van der Waals surface area contributed by atoms with Gasteiger partial charge in [-0.3, -0.25) is 0 Å². The van der Waals surface area contributed by atoms with Crippen molar-refractivity contribution in [2.75, 3.05) is 19.8 Å². The lowest BCUT2D eigenvalue weighted by Crippen LogP contribution is -2.41. The van der Waals surface area contributed by atoms with Gasteiger partial charge >= 0.3 is 14.8 Å². The largest absolute Gasteiger partial charge is 0.423 e. The van der Waals surface area contributed by atoms with Gasteiger partial charge in [0.25, 0.3) is 0 Å². The van der Waals surface area contributed by atoms with Crippen LogP contribution in [0.1, 0.15) is 136 Å². The van der Waals surface area contributed by atoms with Crippen molar-refractivity contribution in [3.8, 4) is 0 Å². The topological polar surface area (TPSA) is 54.0 Å². The normalized spacial score (nSPS) is 12.1. The fraction of sp³-hybridized carbons (Fsp3) is 1.00. The van der Waals surface area contributed by atoms with Crippen molar-refractivity contribution in [3.63, 3.8) is 0 Å². The second-order valence-electron chi connectivity index (χ2n) is 8.51. The quantitative estimate of drug-likeness (QED) is 0.0729. The molecule has 0 heterocycles.